The molecule has 0 aliphatic heterocycles. The largest absolute Gasteiger partial charge is 0.481 e. The number of hydrogen-bond acceptors (Lipinski definition) is 8. The maximum atomic E-state index is 12.0. The quantitative estimate of drug-likeness (QED) is 0.222. The highest BCUT2D eigenvalue weighted by Gasteiger charge is 2.26. The van der Waals surface area contributed by atoms with Crippen molar-refractivity contribution >= 4 is 40.6 Å². The predicted octanol–water partition coefficient (Wildman–Crippen LogP) is -2.53. The van der Waals surface area contributed by atoms with Crippen molar-refractivity contribution in [2.75, 3.05) is 12.3 Å². The van der Waals surface area contributed by atoms with Crippen LogP contribution in [0.5, 0.6) is 0 Å². The fourth-order valence-electron chi connectivity index (χ4n) is 1.45. The summed E-state index contributed by atoms with van der Waals surface area (Å²) in [6.07, 6.45) is -0.473. The Morgan fingerprint density at radius 2 is 1.64 bits per heavy atom. The molecule has 0 aliphatic rings. The molecule has 12 heteroatoms. The van der Waals surface area contributed by atoms with Crippen molar-refractivity contribution < 1.29 is 34.2 Å². The van der Waals surface area contributed by atoms with E-state index >= 15 is 0 Å². The second kappa shape index (κ2) is 11.4. The lowest BCUT2D eigenvalue weighted by Gasteiger charge is -2.20. The van der Waals surface area contributed by atoms with Gasteiger partial charge in [-0.15, -0.1) is 0 Å². The number of thioether (sulfide) groups is 1. The van der Waals surface area contributed by atoms with E-state index in [1.807, 2.05) is 0 Å². The van der Waals surface area contributed by atoms with E-state index in [-0.39, 0.29) is 18.6 Å². The minimum absolute atomic E-state index is 0.142. The topological polar surface area (TPSA) is 202 Å². The van der Waals surface area contributed by atoms with Crippen LogP contribution in [0.3, 0.4) is 0 Å². The van der Waals surface area contributed by atoms with Crippen molar-refractivity contribution in [3.8, 4) is 0 Å². The van der Waals surface area contributed by atoms with Crippen molar-refractivity contribution in [1.82, 2.24) is 10.6 Å². The number of carboxylic acid groups (broad SMARTS) is 2. The molecule has 0 bridgehead atoms. The molecule has 0 saturated heterocycles. The maximum absolute atomic E-state index is 12.0. The van der Waals surface area contributed by atoms with Gasteiger partial charge in [0.1, 0.15) is 12.6 Å². The molecular weight excluding hydrogens is 356 g/mol. The second-order valence-corrected chi connectivity index (χ2v) is 6.15. The van der Waals surface area contributed by atoms with E-state index in [9.17, 15) is 24.0 Å². The predicted molar refractivity (Wildman–Crippen MR) is 88.5 cm³/mol. The molecule has 0 saturated carbocycles. The smallest absolute Gasteiger partial charge is 0.322 e. The first-order chi connectivity index (χ1) is 11.5. The van der Waals surface area contributed by atoms with Gasteiger partial charge in [0.15, 0.2) is 0 Å². The van der Waals surface area contributed by atoms with Crippen molar-refractivity contribution in [3.05, 3.63) is 0 Å². The van der Waals surface area contributed by atoms with E-state index in [1.165, 1.54) is 6.92 Å². The number of amides is 2. The molecule has 0 aromatic heterocycles. The van der Waals surface area contributed by atoms with Gasteiger partial charge in [-0.25, -0.2) is 0 Å². The van der Waals surface area contributed by atoms with Crippen molar-refractivity contribution in [1.29, 1.82) is 0 Å². The molecule has 0 rings (SSSR count). The van der Waals surface area contributed by atoms with Crippen LogP contribution < -0.4 is 22.1 Å². The number of aliphatic carboxylic acids is 2. The van der Waals surface area contributed by atoms with Gasteiger partial charge in [-0.05, 0) is 13.3 Å². The Labute approximate surface area is 147 Å². The molecule has 0 radical (unpaired) electrons. The van der Waals surface area contributed by atoms with E-state index in [0.717, 1.165) is 0 Å². The number of nitrogens with one attached hydrogen (secondary N) is 2. The van der Waals surface area contributed by atoms with E-state index in [2.05, 4.69) is 10.6 Å². The Bertz CT molecular complexity index is 527. The van der Waals surface area contributed by atoms with Crippen molar-refractivity contribution in [3.63, 3.8) is 0 Å². The lowest BCUT2D eigenvalue weighted by molar-refractivity contribution is -0.138. The van der Waals surface area contributed by atoms with Crippen LogP contribution in [0.1, 0.15) is 19.8 Å². The van der Waals surface area contributed by atoms with E-state index in [1.54, 1.807) is 0 Å². The zero-order chi connectivity index (χ0) is 19.6. The van der Waals surface area contributed by atoms with Crippen LogP contribution in [0.25, 0.3) is 0 Å². The van der Waals surface area contributed by atoms with E-state index < -0.39 is 53.5 Å². The highest BCUT2D eigenvalue weighted by atomic mass is 32.2. The number of carboxylic acids is 2. The molecule has 0 aromatic carbocycles. The van der Waals surface area contributed by atoms with Crippen LogP contribution >= 0.6 is 11.8 Å². The van der Waals surface area contributed by atoms with Crippen LogP contribution in [0.15, 0.2) is 0 Å². The van der Waals surface area contributed by atoms with Crippen LogP contribution in [-0.4, -0.2) is 69.5 Å². The fourth-order valence-corrected chi connectivity index (χ4v) is 2.28. The summed E-state index contributed by atoms with van der Waals surface area (Å²) in [7, 11) is 0. The molecule has 0 heterocycles. The SMILES string of the molecule is C[C@H](N)C(=O)SC[C@H](NC(=O)[C@@H](N)CCC(=O)O)C(=O)NCC(=O)O. The average Bonchev–Trinajstić information content (AvgIpc) is 2.53. The van der Waals surface area contributed by atoms with Gasteiger partial charge in [-0.1, -0.05) is 11.8 Å². The third-order valence-electron chi connectivity index (χ3n) is 2.82. The minimum Gasteiger partial charge on any atom is -0.481 e. The van der Waals surface area contributed by atoms with E-state index in [4.69, 9.17) is 21.7 Å². The molecule has 25 heavy (non-hydrogen) atoms. The molecule has 142 valence electrons. The summed E-state index contributed by atoms with van der Waals surface area (Å²) >= 11 is 0.705. The van der Waals surface area contributed by atoms with Gasteiger partial charge < -0.3 is 32.3 Å². The van der Waals surface area contributed by atoms with Crippen molar-refractivity contribution in [2.24, 2.45) is 11.5 Å². The number of hydrogen-bond donors (Lipinski definition) is 6. The lowest BCUT2D eigenvalue weighted by Crippen LogP contribution is -2.53. The van der Waals surface area contributed by atoms with Crippen molar-refractivity contribution in [2.45, 2.75) is 37.9 Å². The second-order valence-electron chi connectivity index (χ2n) is 5.13. The van der Waals surface area contributed by atoms with Gasteiger partial charge >= 0.3 is 11.9 Å². The Morgan fingerprint density at radius 1 is 1.04 bits per heavy atom. The fraction of sp³-hybridized carbons (Fsp3) is 0.615. The normalized spacial score (nSPS) is 14.0. The van der Waals surface area contributed by atoms with Crippen LogP contribution in [-0.2, 0) is 24.0 Å². The summed E-state index contributed by atoms with van der Waals surface area (Å²) < 4.78 is 0. The zero-order valence-corrected chi connectivity index (χ0v) is 14.4. The average molecular weight is 378 g/mol. The number of nitrogens with two attached hydrogens (primary N) is 2. The molecule has 0 aliphatic carbocycles. The van der Waals surface area contributed by atoms with Gasteiger partial charge in [0.05, 0.1) is 12.1 Å². The van der Waals surface area contributed by atoms with Gasteiger partial charge in [0, 0.05) is 12.2 Å². The minimum atomic E-state index is -1.28. The summed E-state index contributed by atoms with van der Waals surface area (Å²) in [5.74, 6) is -4.19. The van der Waals surface area contributed by atoms with Crippen LogP contribution in [0.2, 0.25) is 0 Å². The van der Waals surface area contributed by atoms with E-state index in [0.29, 0.717) is 11.8 Å². The summed E-state index contributed by atoms with van der Waals surface area (Å²) in [4.78, 5) is 56.5. The molecule has 0 unspecified atom stereocenters. The zero-order valence-electron chi connectivity index (χ0n) is 13.6. The molecule has 0 aromatic rings. The Hall–Kier alpha value is -2.18. The molecule has 0 fully saturated rings. The first-order valence-electron chi connectivity index (χ1n) is 7.24. The molecule has 2 amide bonds. The Balaban J connectivity index is 4.82. The third-order valence-corrected chi connectivity index (χ3v) is 3.97. The Kier molecular flexibility index (Phi) is 10.4. The summed E-state index contributed by atoms with van der Waals surface area (Å²) in [5.41, 5.74) is 10.9. The van der Waals surface area contributed by atoms with Crippen LogP contribution in [0, 0.1) is 0 Å². The summed E-state index contributed by atoms with van der Waals surface area (Å²) in [6.45, 7) is 0.789. The summed E-state index contributed by atoms with van der Waals surface area (Å²) in [6, 6.07) is -3.17. The van der Waals surface area contributed by atoms with Crippen LogP contribution in [0.4, 0.5) is 0 Å². The molecule has 8 N–H and O–H groups in total. The number of carbonyl (C=O) groups excluding carboxylic acids is 3. The van der Waals surface area contributed by atoms with Gasteiger partial charge in [-0.3, -0.25) is 24.0 Å². The first-order valence-corrected chi connectivity index (χ1v) is 8.22. The standard InChI is InChI=1S/C13H22N4O7S/c1-6(14)13(24)25-5-8(12(23)16-4-10(20)21)17-11(22)7(15)2-3-9(18)19/h6-8H,2-5,14-15H2,1H3,(H,16,23)(H,17,22)(H,18,19)(H,20,21)/t6-,7-,8-/m0/s1. The first kappa shape index (κ1) is 22.8. The molecular formula is C13H22N4O7S. The summed E-state index contributed by atoms with van der Waals surface area (Å²) in [5, 5.41) is 21.1. The van der Waals surface area contributed by atoms with Gasteiger partial charge in [-0.2, -0.15) is 0 Å². The third kappa shape index (κ3) is 10.3. The van der Waals surface area contributed by atoms with Gasteiger partial charge in [0.2, 0.25) is 16.9 Å². The molecule has 11 nitrogen and oxygen atoms in total. The monoisotopic (exact) mass is 378 g/mol. The highest BCUT2D eigenvalue weighted by molar-refractivity contribution is 8.13. The number of rotatable bonds is 11. The highest BCUT2D eigenvalue weighted by Crippen LogP contribution is 2.08. The maximum Gasteiger partial charge on any atom is 0.322 e. The van der Waals surface area contributed by atoms with Gasteiger partial charge in [0.25, 0.3) is 0 Å². The molecule has 0 spiro atoms. The Morgan fingerprint density at radius 3 is 2.12 bits per heavy atom. The lowest BCUT2D eigenvalue weighted by atomic mass is 10.1. The number of carbonyl (C=O) groups is 5. The molecule has 3 atom stereocenters.